The summed E-state index contributed by atoms with van der Waals surface area (Å²) >= 11 is 0. The van der Waals surface area contributed by atoms with Crippen LogP contribution in [-0.4, -0.2) is 86.8 Å². The van der Waals surface area contributed by atoms with Crippen molar-refractivity contribution in [3.05, 3.63) is 35.7 Å². The molecule has 0 aliphatic carbocycles. The van der Waals surface area contributed by atoms with Gasteiger partial charge in [0.05, 0.1) is 12.2 Å². The van der Waals surface area contributed by atoms with Crippen LogP contribution in [0.1, 0.15) is 37.9 Å². The summed E-state index contributed by atoms with van der Waals surface area (Å²) in [7, 11) is 1.37. The van der Waals surface area contributed by atoms with E-state index in [0.29, 0.717) is 23.6 Å². The predicted octanol–water partition coefficient (Wildman–Crippen LogP) is -0.396. The number of hydrogen-bond acceptors (Lipinski definition) is 8. The number of para-hydroxylation sites is 1. The molecular formula is C25H31N7O7. The van der Waals surface area contributed by atoms with Crippen LogP contribution >= 0.6 is 0 Å². The molecule has 0 saturated heterocycles. The van der Waals surface area contributed by atoms with E-state index in [4.69, 9.17) is 9.84 Å². The number of anilines is 1. The largest absolute Gasteiger partial charge is 0.489 e. The maximum absolute atomic E-state index is 13.8. The molecule has 0 unspecified atom stereocenters. The number of carbonyl (C=O) groups is 5. The van der Waals surface area contributed by atoms with E-state index in [1.807, 2.05) is 13.0 Å². The van der Waals surface area contributed by atoms with E-state index < -0.39 is 54.1 Å². The number of H-pyrrole nitrogens is 1. The van der Waals surface area contributed by atoms with Gasteiger partial charge in [-0.2, -0.15) is 0 Å². The van der Waals surface area contributed by atoms with Gasteiger partial charge in [-0.15, -0.1) is 5.10 Å². The van der Waals surface area contributed by atoms with Gasteiger partial charge in [-0.25, -0.2) is 0 Å². The molecule has 208 valence electrons. The molecule has 0 fully saturated rings. The molecule has 0 saturated carbocycles. The van der Waals surface area contributed by atoms with Gasteiger partial charge < -0.3 is 25.4 Å². The normalized spacial score (nSPS) is 19.3. The topological polar surface area (TPSA) is 187 Å². The number of ether oxygens (including phenoxy) is 1. The fourth-order valence-corrected chi connectivity index (χ4v) is 4.88. The Kier molecular flexibility index (Phi) is 8.12. The first-order valence-electron chi connectivity index (χ1n) is 12.6. The molecule has 2 aromatic rings. The lowest BCUT2D eigenvalue weighted by molar-refractivity contribution is -0.148. The highest BCUT2D eigenvalue weighted by atomic mass is 16.5. The molecule has 4 atom stereocenters. The summed E-state index contributed by atoms with van der Waals surface area (Å²) in [6.45, 7) is 3.52. The smallest absolute Gasteiger partial charge is 0.312 e. The molecule has 4 rings (SSSR count). The highest BCUT2D eigenvalue weighted by Gasteiger charge is 2.45. The molecule has 2 aliphatic rings. The number of benzene rings is 1. The highest BCUT2D eigenvalue weighted by Crippen LogP contribution is 2.42. The number of hydrogen-bond donors (Lipinski definition) is 4. The average Bonchev–Trinajstić information content (AvgIpc) is 3.54. The summed E-state index contributed by atoms with van der Waals surface area (Å²) in [6.07, 6.45) is 1.56. The Bertz CT molecular complexity index is 1270. The third-order valence-electron chi connectivity index (χ3n) is 7.08. The lowest BCUT2D eigenvalue weighted by Gasteiger charge is -2.33. The number of rotatable bonds is 10. The molecule has 14 nitrogen and oxygen atoms in total. The Hall–Kier alpha value is -4.49. The van der Waals surface area contributed by atoms with Gasteiger partial charge >= 0.3 is 5.97 Å². The van der Waals surface area contributed by atoms with E-state index in [9.17, 15) is 24.0 Å². The van der Waals surface area contributed by atoms with E-state index in [1.54, 1.807) is 25.3 Å². The fraction of sp³-hybridized carbons (Fsp3) is 0.480. The number of nitrogens with one attached hydrogen (secondary N) is 3. The fourth-order valence-electron chi connectivity index (χ4n) is 4.88. The lowest BCUT2D eigenvalue weighted by atomic mass is 9.96. The lowest BCUT2D eigenvalue weighted by Crippen LogP contribution is -2.59. The Morgan fingerprint density at radius 2 is 2.08 bits per heavy atom. The van der Waals surface area contributed by atoms with Crippen molar-refractivity contribution in [2.75, 3.05) is 18.6 Å². The summed E-state index contributed by atoms with van der Waals surface area (Å²) in [5, 5.41) is 24.5. The molecule has 4 amide bonds. The quantitative estimate of drug-likeness (QED) is 0.290. The van der Waals surface area contributed by atoms with Gasteiger partial charge in [0.25, 0.3) is 5.91 Å². The van der Waals surface area contributed by atoms with Gasteiger partial charge in [0.2, 0.25) is 17.7 Å². The first kappa shape index (κ1) is 27.5. The maximum Gasteiger partial charge on any atom is 0.312 e. The number of carbonyl (C=O) groups excluding carboxylic acids is 4. The SMILES string of the molecule is CC[C@H](C)[C@@H](C(=O)N[C@H]1COc2cccc3c2N(C1=O)[C@H](C(=O)NCc1c[nH]nn1)C3)N(C)C(=O)CC(=O)O. The van der Waals surface area contributed by atoms with Gasteiger partial charge in [0.1, 0.15) is 42.6 Å². The summed E-state index contributed by atoms with van der Waals surface area (Å²) in [5.41, 5.74) is 1.76. The summed E-state index contributed by atoms with van der Waals surface area (Å²) in [4.78, 5) is 66.5. The van der Waals surface area contributed by atoms with Gasteiger partial charge in [-0.05, 0) is 17.5 Å². The minimum absolute atomic E-state index is 0.112. The molecule has 0 radical (unpaired) electrons. The monoisotopic (exact) mass is 541 g/mol. The Morgan fingerprint density at radius 3 is 2.74 bits per heavy atom. The van der Waals surface area contributed by atoms with Crippen molar-refractivity contribution in [1.29, 1.82) is 0 Å². The first-order chi connectivity index (χ1) is 18.6. The van der Waals surface area contributed by atoms with E-state index in [2.05, 4.69) is 26.0 Å². The molecule has 39 heavy (non-hydrogen) atoms. The van der Waals surface area contributed by atoms with Crippen LogP contribution in [0, 0.1) is 5.92 Å². The number of aromatic amines is 1. The van der Waals surface area contributed by atoms with Crippen molar-refractivity contribution in [3.63, 3.8) is 0 Å². The highest BCUT2D eigenvalue weighted by molar-refractivity contribution is 6.08. The van der Waals surface area contributed by atoms with Gasteiger partial charge in [0, 0.05) is 19.7 Å². The minimum atomic E-state index is -1.31. The molecule has 4 N–H and O–H groups in total. The van der Waals surface area contributed by atoms with Crippen LogP contribution in [0.4, 0.5) is 5.69 Å². The van der Waals surface area contributed by atoms with E-state index >= 15 is 0 Å². The third-order valence-corrected chi connectivity index (χ3v) is 7.08. The molecule has 3 heterocycles. The molecule has 14 heteroatoms. The van der Waals surface area contributed by atoms with Crippen LogP contribution in [-0.2, 0) is 36.9 Å². The third kappa shape index (κ3) is 5.68. The summed E-state index contributed by atoms with van der Waals surface area (Å²) in [5.74, 6) is -3.51. The van der Waals surface area contributed by atoms with E-state index in [0.717, 1.165) is 10.5 Å². The second kappa shape index (κ2) is 11.5. The zero-order chi connectivity index (χ0) is 28.3. The van der Waals surface area contributed by atoms with Gasteiger partial charge in [0.15, 0.2) is 0 Å². The van der Waals surface area contributed by atoms with E-state index in [1.165, 1.54) is 11.9 Å². The maximum atomic E-state index is 13.8. The van der Waals surface area contributed by atoms with Crippen LogP contribution in [0.2, 0.25) is 0 Å². The number of likely N-dealkylation sites (N-methyl/N-ethyl adjacent to an activating group) is 1. The zero-order valence-corrected chi connectivity index (χ0v) is 21.8. The number of aliphatic carboxylic acids is 1. The Labute approximate surface area is 224 Å². The standard InChI is InChI=1S/C25H31N7O7/c1-4-13(2)21(31(3)19(33)9-20(34)35)24(37)28-16-12-39-18-7-5-6-14-8-17(32(22(14)18)25(16)38)23(36)26-10-15-11-27-30-29-15/h5-7,11,13,16-17,21H,4,8-10,12H2,1-3H3,(H,26,36)(H,28,37)(H,34,35)(H,27,29,30)/t13-,16-,17-,21-/m0/s1. The number of amides is 4. The Morgan fingerprint density at radius 1 is 1.31 bits per heavy atom. The van der Waals surface area contributed by atoms with Crippen molar-refractivity contribution < 1.29 is 33.8 Å². The molecule has 0 bridgehead atoms. The number of carboxylic acid groups (broad SMARTS) is 1. The van der Waals surface area contributed by atoms with Crippen LogP contribution < -0.4 is 20.3 Å². The Balaban J connectivity index is 1.56. The second-order valence-electron chi connectivity index (χ2n) is 9.65. The van der Waals surface area contributed by atoms with Crippen molar-refractivity contribution >= 4 is 35.3 Å². The zero-order valence-electron chi connectivity index (χ0n) is 21.8. The van der Waals surface area contributed by atoms with Crippen molar-refractivity contribution in [2.45, 2.75) is 57.8 Å². The molecule has 2 aliphatic heterocycles. The number of nitrogens with zero attached hydrogens (tertiary/aromatic N) is 4. The summed E-state index contributed by atoms with van der Waals surface area (Å²) < 4.78 is 5.91. The number of carboxylic acids is 1. The molecule has 1 aromatic carbocycles. The molecule has 0 spiro atoms. The van der Waals surface area contributed by atoms with Crippen LogP contribution in [0.15, 0.2) is 24.4 Å². The average molecular weight is 542 g/mol. The molecular weight excluding hydrogens is 510 g/mol. The van der Waals surface area contributed by atoms with Crippen LogP contribution in [0.3, 0.4) is 0 Å². The first-order valence-corrected chi connectivity index (χ1v) is 12.6. The van der Waals surface area contributed by atoms with Gasteiger partial charge in [-0.3, -0.25) is 34.0 Å². The second-order valence-corrected chi connectivity index (χ2v) is 9.65. The summed E-state index contributed by atoms with van der Waals surface area (Å²) in [6, 6.07) is 2.22. The van der Waals surface area contributed by atoms with Crippen molar-refractivity contribution in [3.8, 4) is 5.75 Å². The van der Waals surface area contributed by atoms with E-state index in [-0.39, 0.29) is 25.5 Å². The van der Waals surface area contributed by atoms with Gasteiger partial charge in [-0.1, -0.05) is 37.6 Å². The van der Waals surface area contributed by atoms with Crippen LogP contribution in [0.25, 0.3) is 0 Å². The van der Waals surface area contributed by atoms with Crippen LogP contribution in [0.5, 0.6) is 5.75 Å². The van der Waals surface area contributed by atoms with Crippen molar-refractivity contribution in [1.82, 2.24) is 30.9 Å². The molecule has 1 aromatic heterocycles. The number of aromatic nitrogens is 3. The predicted molar refractivity (Wildman–Crippen MR) is 135 cm³/mol. The minimum Gasteiger partial charge on any atom is -0.489 e. The van der Waals surface area contributed by atoms with Crippen molar-refractivity contribution in [2.24, 2.45) is 5.92 Å².